The molecule has 1 saturated heterocycles. The van der Waals surface area contributed by atoms with Crippen LogP contribution >= 0.6 is 0 Å². The van der Waals surface area contributed by atoms with Crippen LogP contribution in [-0.4, -0.2) is 61.8 Å². The summed E-state index contributed by atoms with van der Waals surface area (Å²) in [5.41, 5.74) is 7.16. The maximum absolute atomic E-state index is 11.9. The molecule has 0 spiro atoms. The number of nitrogens with zero attached hydrogens (tertiary/aromatic N) is 2. The van der Waals surface area contributed by atoms with Gasteiger partial charge in [0.15, 0.2) is 0 Å². The molecule has 1 amide bonds. The van der Waals surface area contributed by atoms with Crippen LogP contribution in [0.2, 0.25) is 0 Å². The van der Waals surface area contributed by atoms with Gasteiger partial charge in [-0.3, -0.25) is 0 Å². The van der Waals surface area contributed by atoms with E-state index >= 15 is 0 Å². The fraction of sp³-hybridized carbons (Fsp3) is 0.533. The molecule has 5 heteroatoms. The van der Waals surface area contributed by atoms with Crippen LogP contribution in [0.25, 0.3) is 0 Å². The van der Waals surface area contributed by atoms with E-state index in [1.165, 1.54) is 0 Å². The predicted molar refractivity (Wildman–Crippen MR) is 78.5 cm³/mol. The van der Waals surface area contributed by atoms with E-state index in [0.717, 1.165) is 38.2 Å². The molecule has 5 nitrogen and oxygen atoms in total. The highest BCUT2D eigenvalue weighted by atomic mass is 16.6. The minimum absolute atomic E-state index is 0.159. The van der Waals surface area contributed by atoms with Gasteiger partial charge >= 0.3 is 6.09 Å². The lowest BCUT2D eigenvalue weighted by Crippen LogP contribution is -2.48. The maximum atomic E-state index is 11.9. The third kappa shape index (κ3) is 4.51. The number of nitrogens with two attached hydrogens (primary N) is 1. The third-order valence-electron chi connectivity index (χ3n) is 3.52. The molecule has 2 N–H and O–H groups in total. The van der Waals surface area contributed by atoms with Crippen molar-refractivity contribution in [1.29, 1.82) is 0 Å². The Morgan fingerprint density at radius 1 is 1.25 bits per heavy atom. The van der Waals surface area contributed by atoms with E-state index in [1.54, 1.807) is 4.90 Å². The summed E-state index contributed by atoms with van der Waals surface area (Å²) in [6, 6.07) is 9.84. The van der Waals surface area contributed by atoms with E-state index in [2.05, 4.69) is 11.9 Å². The van der Waals surface area contributed by atoms with Crippen LogP contribution in [0.5, 0.6) is 0 Å². The Bertz CT molecular complexity index is 416. The molecule has 20 heavy (non-hydrogen) atoms. The number of likely N-dealkylation sites (N-methyl/N-ethyl adjacent to an activating group) is 1. The number of piperazine rings is 1. The fourth-order valence-corrected chi connectivity index (χ4v) is 2.23. The van der Waals surface area contributed by atoms with Gasteiger partial charge in [-0.2, -0.15) is 0 Å². The van der Waals surface area contributed by atoms with Crippen molar-refractivity contribution in [1.82, 2.24) is 9.80 Å². The molecule has 1 aromatic rings. The number of carbonyl (C=O) groups excluding carboxylic acids is 1. The molecule has 0 radical (unpaired) electrons. The average Bonchev–Trinajstić information content (AvgIpc) is 2.46. The number of benzene rings is 1. The van der Waals surface area contributed by atoms with Crippen LogP contribution in [0.15, 0.2) is 30.3 Å². The Morgan fingerprint density at radius 2 is 1.90 bits per heavy atom. The Balaban J connectivity index is 1.70. The van der Waals surface area contributed by atoms with Crippen molar-refractivity contribution in [2.24, 2.45) is 5.73 Å². The van der Waals surface area contributed by atoms with Crippen LogP contribution in [0.4, 0.5) is 4.79 Å². The first kappa shape index (κ1) is 14.8. The SMILES string of the molecule is CN1CCN(C(=O)OCC(N)Cc2ccccc2)CC1. The van der Waals surface area contributed by atoms with Gasteiger partial charge in [0.05, 0.1) is 0 Å². The summed E-state index contributed by atoms with van der Waals surface area (Å²) < 4.78 is 5.29. The first-order valence-electron chi connectivity index (χ1n) is 7.05. The minimum Gasteiger partial charge on any atom is -0.448 e. The van der Waals surface area contributed by atoms with Gasteiger partial charge in [-0.25, -0.2) is 4.79 Å². The second-order valence-electron chi connectivity index (χ2n) is 5.32. The maximum Gasteiger partial charge on any atom is 0.409 e. The normalized spacial score (nSPS) is 17.8. The monoisotopic (exact) mass is 277 g/mol. The number of ether oxygens (including phenoxy) is 1. The molecule has 0 saturated carbocycles. The number of hydrogen-bond acceptors (Lipinski definition) is 4. The van der Waals surface area contributed by atoms with E-state index in [0.29, 0.717) is 0 Å². The molecule has 0 aliphatic carbocycles. The van der Waals surface area contributed by atoms with Crippen LogP contribution in [0.3, 0.4) is 0 Å². The third-order valence-corrected chi connectivity index (χ3v) is 3.52. The lowest BCUT2D eigenvalue weighted by atomic mass is 10.1. The van der Waals surface area contributed by atoms with E-state index in [4.69, 9.17) is 10.5 Å². The Hall–Kier alpha value is -1.59. The van der Waals surface area contributed by atoms with Crippen molar-refractivity contribution in [2.45, 2.75) is 12.5 Å². The van der Waals surface area contributed by atoms with Gasteiger partial charge in [0.2, 0.25) is 0 Å². The van der Waals surface area contributed by atoms with Crippen molar-refractivity contribution in [3.8, 4) is 0 Å². The van der Waals surface area contributed by atoms with Gasteiger partial charge in [-0.15, -0.1) is 0 Å². The zero-order chi connectivity index (χ0) is 14.4. The summed E-state index contributed by atoms with van der Waals surface area (Å²) in [4.78, 5) is 15.8. The smallest absolute Gasteiger partial charge is 0.409 e. The molecular formula is C15H23N3O2. The van der Waals surface area contributed by atoms with E-state index in [-0.39, 0.29) is 18.7 Å². The Labute approximate surface area is 120 Å². The molecule has 2 rings (SSSR count). The van der Waals surface area contributed by atoms with E-state index < -0.39 is 0 Å². The van der Waals surface area contributed by atoms with Crippen molar-refractivity contribution >= 4 is 6.09 Å². The minimum atomic E-state index is -0.249. The summed E-state index contributed by atoms with van der Waals surface area (Å²) >= 11 is 0. The molecular weight excluding hydrogens is 254 g/mol. The highest BCUT2D eigenvalue weighted by molar-refractivity contribution is 5.67. The predicted octanol–water partition coefficient (Wildman–Crippen LogP) is 0.940. The first-order chi connectivity index (χ1) is 9.65. The zero-order valence-corrected chi connectivity index (χ0v) is 12.0. The average molecular weight is 277 g/mol. The Morgan fingerprint density at radius 3 is 2.55 bits per heavy atom. The number of hydrogen-bond donors (Lipinski definition) is 1. The summed E-state index contributed by atoms with van der Waals surface area (Å²) in [5.74, 6) is 0. The lowest BCUT2D eigenvalue weighted by Gasteiger charge is -2.31. The molecule has 1 heterocycles. The molecule has 1 unspecified atom stereocenters. The molecule has 0 aromatic heterocycles. The van der Waals surface area contributed by atoms with Crippen molar-refractivity contribution < 1.29 is 9.53 Å². The molecule has 1 aliphatic rings. The van der Waals surface area contributed by atoms with Gasteiger partial charge in [0, 0.05) is 32.2 Å². The molecule has 0 bridgehead atoms. The standard InChI is InChI=1S/C15H23N3O2/c1-17-7-9-18(10-8-17)15(19)20-12-14(16)11-13-5-3-2-4-6-13/h2-6,14H,7-12,16H2,1H3. The van der Waals surface area contributed by atoms with Crippen LogP contribution in [0.1, 0.15) is 5.56 Å². The van der Waals surface area contributed by atoms with Crippen LogP contribution < -0.4 is 5.73 Å². The quantitative estimate of drug-likeness (QED) is 0.890. The fourth-order valence-electron chi connectivity index (χ4n) is 2.23. The van der Waals surface area contributed by atoms with Gasteiger partial charge < -0.3 is 20.3 Å². The largest absolute Gasteiger partial charge is 0.448 e. The molecule has 1 fully saturated rings. The van der Waals surface area contributed by atoms with Crippen molar-refractivity contribution in [2.75, 3.05) is 39.8 Å². The lowest BCUT2D eigenvalue weighted by molar-refractivity contribution is 0.0777. The van der Waals surface area contributed by atoms with Crippen molar-refractivity contribution in [3.05, 3.63) is 35.9 Å². The molecule has 110 valence electrons. The van der Waals surface area contributed by atoms with Gasteiger partial charge in [-0.1, -0.05) is 30.3 Å². The number of rotatable bonds is 4. The summed E-state index contributed by atoms with van der Waals surface area (Å²) in [6.45, 7) is 3.50. The van der Waals surface area contributed by atoms with Gasteiger partial charge in [-0.05, 0) is 19.0 Å². The first-order valence-corrected chi connectivity index (χ1v) is 7.05. The van der Waals surface area contributed by atoms with Crippen LogP contribution in [0, 0.1) is 0 Å². The molecule has 1 aromatic carbocycles. The topological polar surface area (TPSA) is 58.8 Å². The molecule has 1 atom stereocenters. The number of carbonyl (C=O) groups is 1. The second-order valence-corrected chi connectivity index (χ2v) is 5.32. The second kappa shape index (κ2) is 7.26. The van der Waals surface area contributed by atoms with E-state index in [1.807, 2.05) is 30.3 Å². The summed E-state index contributed by atoms with van der Waals surface area (Å²) in [5, 5.41) is 0. The van der Waals surface area contributed by atoms with Gasteiger partial charge in [0.1, 0.15) is 6.61 Å². The van der Waals surface area contributed by atoms with Crippen LogP contribution in [-0.2, 0) is 11.2 Å². The van der Waals surface area contributed by atoms with Gasteiger partial charge in [0.25, 0.3) is 0 Å². The Kier molecular flexibility index (Phi) is 5.38. The highest BCUT2D eigenvalue weighted by Crippen LogP contribution is 2.05. The highest BCUT2D eigenvalue weighted by Gasteiger charge is 2.20. The number of amides is 1. The van der Waals surface area contributed by atoms with Crippen molar-refractivity contribution in [3.63, 3.8) is 0 Å². The zero-order valence-electron chi connectivity index (χ0n) is 12.0. The van der Waals surface area contributed by atoms with E-state index in [9.17, 15) is 4.79 Å². The summed E-state index contributed by atoms with van der Waals surface area (Å²) in [6.07, 6.45) is 0.471. The molecule has 1 aliphatic heterocycles. The summed E-state index contributed by atoms with van der Waals surface area (Å²) in [7, 11) is 2.05.